The molecule has 0 atom stereocenters. The van der Waals surface area contributed by atoms with Crippen molar-refractivity contribution in [3.63, 3.8) is 0 Å². The van der Waals surface area contributed by atoms with Gasteiger partial charge in [0, 0.05) is 11.6 Å². The molecule has 0 radical (unpaired) electrons. The monoisotopic (exact) mass is 267 g/mol. The Morgan fingerprint density at radius 1 is 1.00 bits per heavy atom. The molecule has 0 saturated heterocycles. The molecule has 0 unspecified atom stereocenters. The number of hydrogen-bond donors (Lipinski definition) is 1. The normalized spacial score (nSPS) is 20.1. The van der Waals surface area contributed by atoms with Crippen LogP contribution in [-0.4, -0.2) is 0 Å². The maximum absolute atomic E-state index is 13.3. The molecule has 2 N–H and O–H groups in total. The van der Waals surface area contributed by atoms with Crippen LogP contribution in [-0.2, 0) is 5.54 Å². The van der Waals surface area contributed by atoms with Gasteiger partial charge in [-0.15, -0.1) is 0 Å². The molecule has 3 heteroatoms. The Morgan fingerprint density at radius 2 is 1.47 bits per heavy atom. The summed E-state index contributed by atoms with van der Waals surface area (Å²) in [6.45, 7) is 4.35. The van der Waals surface area contributed by atoms with Gasteiger partial charge in [-0.2, -0.15) is 0 Å². The molecule has 19 heavy (non-hydrogen) atoms. The molecule has 1 aliphatic carbocycles. The molecule has 0 bridgehead atoms. The third kappa shape index (κ3) is 2.81. The van der Waals surface area contributed by atoms with Crippen LogP contribution in [0.4, 0.5) is 8.78 Å². The Bertz CT molecular complexity index is 422. The largest absolute Gasteiger partial charge is 0.321 e. The summed E-state index contributed by atoms with van der Waals surface area (Å²) in [5.74, 6) is -1.08. The predicted octanol–water partition coefficient (Wildman–Crippen LogP) is 4.50. The van der Waals surface area contributed by atoms with Gasteiger partial charge in [-0.3, -0.25) is 0 Å². The van der Waals surface area contributed by atoms with Crippen molar-refractivity contribution in [3.8, 4) is 0 Å². The molecule has 1 fully saturated rings. The highest BCUT2D eigenvalue weighted by Gasteiger charge is 2.51. The summed E-state index contributed by atoms with van der Waals surface area (Å²) in [5.41, 5.74) is 6.70. The van der Waals surface area contributed by atoms with E-state index in [1.165, 1.54) is 12.1 Å². The molecule has 1 saturated carbocycles. The van der Waals surface area contributed by atoms with Crippen LogP contribution in [0.3, 0.4) is 0 Å². The van der Waals surface area contributed by atoms with Crippen molar-refractivity contribution in [2.24, 2.45) is 11.1 Å². The molecule has 0 amide bonds. The third-order valence-corrected chi connectivity index (χ3v) is 4.38. The highest BCUT2D eigenvalue weighted by Crippen LogP contribution is 2.57. The van der Waals surface area contributed by atoms with Gasteiger partial charge in [0.1, 0.15) is 11.6 Å². The van der Waals surface area contributed by atoms with Crippen LogP contribution in [0.1, 0.15) is 57.9 Å². The van der Waals surface area contributed by atoms with Gasteiger partial charge in [0.15, 0.2) is 0 Å². The Kier molecular flexibility index (Phi) is 3.95. The standard InChI is InChI=1S/C16H23F2N/c1-3-5-15(6-4-2)10-16(19,11-15)12-7-13(17)9-14(18)8-12/h7-9H,3-6,10-11,19H2,1-2H3. The lowest BCUT2D eigenvalue weighted by molar-refractivity contribution is 0.00589. The highest BCUT2D eigenvalue weighted by molar-refractivity contribution is 5.30. The fourth-order valence-electron chi connectivity index (χ4n) is 3.87. The van der Waals surface area contributed by atoms with Crippen molar-refractivity contribution in [2.45, 2.75) is 57.9 Å². The number of nitrogens with two attached hydrogens (primary N) is 1. The number of rotatable bonds is 5. The maximum Gasteiger partial charge on any atom is 0.126 e. The lowest BCUT2D eigenvalue weighted by Crippen LogP contribution is -2.55. The first kappa shape index (κ1) is 14.4. The van der Waals surface area contributed by atoms with Crippen LogP contribution in [0, 0.1) is 17.0 Å². The lowest BCUT2D eigenvalue weighted by atomic mass is 9.52. The fraction of sp³-hybridized carbons (Fsp3) is 0.625. The van der Waals surface area contributed by atoms with E-state index in [0.29, 0.717) is 5.56 Å². The van der Waals surface area contributed by atoms with E-state index in [1.807, 2.05) is 0 Å². The Labute approximate surface area is 114 Å². The van der Waals surface area contributed by atoms with E-state index < -0.39 is 17.2 Å². The van der Waals surface area contributed by atoms with Crippen molar-refractivity contribution >= 4 is 0 Å². The highest BCUT2D eigenvalue weighted by atomic mass is 19.1. The van der Waals surface area contributed by atoms with Gasteiger partial charge >= 0.3 is 0 Å². The average molecular weight is 267 g/mol. The van der Waals surface area contributed by atoms with E-state index in [9.17, 15) is 8.78 Å². The van der Waals surface area contributed by atoms with Crippen molar-refractivity contribution < 1.29 is 8.78 Å². The quantitative estimate of drug-likeness (QED) is 0.835. The second-order valence-electron chi connectivity index (χ2n) is 6.17. The van der Waals surface area contributed by atoms with E-state index in [0.717, 1.165) is 44.6 Å². The maximum atomic E-state index is 13.3. The van der Waals surface area contributed by atoms with Crippen LogP contribution < -0.4 is 5.73 Å². The summed E-state index contributed by atoms with van der Waals surface area (Å²) in [4.78, 5) is 0. The van der Waals surface area contributed by atoms with E-state index in [-0.39, 0.29) is 5.41 Å². The Morgan fingerprint density at radius 3 is 1.89 bits per heavy atom. The molecule has 1 aliphatic rings. The molecule has 1 nitrogen and oxygen atoms in total. The minimum atomic E-state index is -0.548. The van der Waals surface area contributed by atoms with Crippen LogP contribution in [0.15, 0.2) is 18.2 Å². The van der Waals surface area contributed by atoms with Gasteiger partial charge in [0.25, 0.3) is 0 Å². The second kappa shape index (κ2) is 5.20. The number of halogens is 2. The van der Waals surface area contributed by atoms with Gasteiger partial charge in [0.2, 0.25) is 0 Å². The predicted molar refractivity (Wildman–Crippen MR) is 73.7 cm³/mol. The molecule has 0 aromatic heterocycles. The molecular weight excluding hydrogens is 244 g/mol. The summed E-state index contributed by atoms with van der Waals surface area (Å²) in [7, 11) is 0. The van der Waals surface area contributed by atoms with Gasteiger partial charge < -0.3 is 5.73 Å². The molecule has 106 valence electrons. The zero-order chi connectivity index (χ0) is 14.1. The summed E-state index contributed by atoms with van der Waals surface area (Å²) in [6, 6.07) is 3.66. The molecule has 0 spiro atoms. The van der Waals surface area contributed by atoms with Crippen LogP contribution in [0.2, 0.25) is 0 Å². The summed E-state index contributed by atoms with van der Waals surface area (Å²) in [5, 5.41) is 0. The summed E-state index contributed by atoms with van der Waals surface area (Å²) >= 11 is 0. The first-order valence-corrected chi connectivity index (χ1v) is 7.18. The molecule has 2 rings (SSSR count). The van der Waals surface area contributed by atoms with E-state index in [1.54, 1.807) is 0 Å². The zero-order valence-corrected chi connectivity index (χ0v) is 11.8. The van der Waals surface area contributed by atoms with E-state index >= 15 is 0 Å². The van der Waals surface area contributed by atoms with Crippen LogP contribution >= 0.6 is 0 Å². The summed E-state index contributed by atoms with van der Waals surface area (Å²) < 4.78 is 26.6. The van der Waals surface area contributed by atoms with Gasteiger partial charge in [0.05, 0.1) is 0 Å². The fourth-order valence-corrected chi connectivity index (χ4v) is 3.87. The van der Waals surface area contributed by atoms with Gasteiger partial charge in [-0.1, -0.05) is 26.7 Å². The minimum absolute atomic E-state index is 0.279. The van der Waals surface area contributed by atoms with Crippen LogP contribution in [0.5, 0.6) is 0 Å². The van der Waals surface area contributed by atoms with Gasteiger partial charge in [-0.25, -0.2) is 8.78 Å². The van der Waals surface area contributed by atoms with E-state index in [4.69, 9.17) is 5.73 Å². The summed E-state index contributed by atoms with van der Waals surface area (Å²) in [6.07, 6.45) is 6.24. The van der Waals surface area contributed by atoms with E-state index in [2.05, 4.69) is 13.8 Å². The van der Waals surface area contributed by atoms with Crippen molar-refractivity contribution in [1.29, 1.82) is 0 Å². The first-order valence-electron chi connectivity index (χ1n) is 7.18. The average Bonchev–Trinajstić information content (AvgIpc) is 2.26. The topological polar surface area (TPSA) is 26.0 Å². The number of hydrogen-bond acceptors (Lipinski definition) is 1. The SMILES string of the molecule is CCCC1(CCC)CC(N)(c2cc(F)cc(F)c2)C1. The smallest absolute Gasteiger partial charge is 0.126 e. The van der Waals surface area contributed by atoms with Crippen LogP contribution in [0.25, 0.3) is 0 Å². The molecule has 1 aromatic carbocycles. The zero-order valence-electron chi connectivity index (χ0n) is 11.8. The molecule has 1 aromatic rings. The second-order valence-corrected chi connectivity index (χ2v) is 6.17. The van der Waals surface area contributed by atoms with Crippen molar-refractivity contribution in [3.05, 3.63) is 35.4 Å². The Hall–Kier alpha value is -0.960. The Balaban J connectivity index is 2.18. The molecular formula is C16H23F2N. The number of benzene rings is 1. The minimum Gasteiger partial charge on any atom is -0.321 e. The third-order valence-electron chi connectivity index (χ3n) is 4.38. The lowest BCUT2D eigenvalue weighted by Gasteiger charge is -2.55. The molecule has 0 aliphatic heterocycles. The van der Waals surface area contributed by atoms with Crippen molar-refractivity contribution in [2.75, 3.05) is 0 Å². The van der Waals surface area contributed by atoms with Gasteiger partial charge in [-0.05, 0) is 48.8 Å². The first-order chi connectivity index (χ1) is 8.93. The molecule has 0 heterocycles. The van der Waals surface area contributed by atoms with Crippen molar-refractivity contribution in [1.82, 2.24) is 0 Å².